The Hall–Kier alpha value is -19.8. The molecule has 0 amide bonds. The summed E-state index contributed by atoms with van der Waals surface area (Å²) in [6.45, 7) is 0. The molecule has 0 aliphatic heterocycles. The minimum absolute atomic E-state index is 0.553. The van der Waals surface area contributed by atoms with E-state index in [9.17, 15) is 0 Å². The van der Waals surface area contributed by atoms with Gasteiger partial charge in [0.05, 0.1) is 50.1 Å². The molecule has 0 saturated heterocycles. The average Bonchev–Trinajstić information content (AvgIpc) is 1.55. The maximum Gasteiger partial charge on any atom is 0.167 e. The Morgan fingerprint density at radius 1 is 0.181 bits per heavy atom. The second-order valence-electron chi connectivity index (χ2n) is 36.0. The number of aromatic nitrogens is 13. The first kappa shape index (κ1) is 82.4. The van der Waals surface area contributed by atoms with Crippen LogP contribution in [0.3, 0.4) is 0 Å². The number of fused-ring (bicyclic) bond motifs is 27. The molecule has 0 fully saturated rings. The molecule has 16 nitrogen and oxygen atoms in total. The molecule has 19 aromatic carbocycles. The van der Waals surface area contributed by atoms with Crippen LogP contribution in [0.2, 0.25) is 0 Å². The first-order chi connectivity index (χ1) is 71.4. The zero-order chi connectivity index (χ0) is 94.8. The highest BCUT2D eigenvalue weighted by atomic mass is 16.3. The molecule has 11 heterocycles. The molecule has 0 unspecified atom stereocenters. The number of hydrogen-bond donors (Lipinski definition) is 0. The molecule has 0 bridgehead atoms. The second-order valence-corrected chi connectivity index (χ2v) is 36.0. The highest BCUT2D eigenvalue weighted by molar-refractivity contribution is 6.33. The maximum atomic E-state index is 6.59. The fourth-order valence-corrected chi connectivity index (χ4v) is 21.1. The van der Waals surface area contributed by atoms with Gasteiger partial charge in [0.15, 0.2) is 40.8 Å². The summed E-state index contributed by atoms with van der Waals surface area (Å²) in [5.74, 6) is 5.80. The van der Waals surface area contributed by atoms with Crippen molar-refractivity contribution in [2.45, 2.75) is 0 Å². The van der Waals surface area contributed by atoms with Gasteiger partial charge in [0.25, 0.3) is 0 Å². The number of rotatable bonds is 12. The van der Waals surface area contributed by atoms with Crippen LogP contribution in [0.25, 0.3) is 283 Å². The SMILES string of the molecule is c1ccc(-c2cc(-c3ccccc3)nc(-c3cccc(-n4c5ccccc5c5c6c(ccc7c8ccccc8oc76)ccc54)c3)n2)cc1.c1ccc(-c2nc(-c3ccccc3)nc(-c3cccnc3-n3c4ccccc4c4c5c(ccc6c7ccccc7oc65)ccc43)n2)cc1.c1ccc(-c2nc(-c3ccccc3)nc(-c3ccnc(-n4c5ccccc5c5c6c(ccc7c8ccccc8oc76)ccc54)c3)n2)cc1. The summed E-state index contributed by atoms with van der Waals surface area (Å²) < 4.78 is 26.6. The monoisotopic (exact) mass is 1840 g/mol. The number of nitrogens with zero attached hydrogens (tertiary/aromatic N) is 13. The van der Waals surface area contributed by atoms with E-state index in [-0.39, 0.29) is 0 Å². The van der Waals surface area contributed by atoms with Crippen LogP contribution in [0.1, 0.15) is 0 Å². The lowest BCUT2D eigenvalue weighted by Gasteiger charge is -2.13. The number of para-hydroxylation sites is 6. The van der Waals surface area contributed by atoms with Crippen molar-refractivity contribution < 1.29 is 13.3 Å². The Balaban J connectivity index is 0.000000105. The smallest absolute Gasteiger partial charge is 0.167 e. The van der Waals surface area contributed by atoms with E-state index in [0.29, 0.717) is 40.8 Å². The van der Waals surface area contributed by atoms with Gasteiger partial charge >= 0.3 is 0 Å². The maximum absolute atomic E-state index is 6.59. The summed E-state index contributed by atoms with van der Waals surface area (Å²) in [6.07, 6.45) is 3.66. The van der Waals surface area contributed by atoms with Gasteiger partial charge in [-0.15, -0.1) is 0 Å². The van der Waals surface area contributed by atoms with E-state index < -0.39 is 0 Å². The Kier molecular flexibility index (Phi) is 19.5. The van der Waals surface area contributed by atoms with Crippen LogP contribution in [0.15, 0.2) is 481 Å². The molecule has 672 valence electrons. The zero-order valence-corrected chi connectivity index (χ0v) is 77.0. The van der Waals surface area contributed by atoms with E-state index in [0.717, 1.165) is 232 Å². The van der Waals surface area contributed by atoms with Gasteiger partial charge in [0, 0.05) is 143 Å². The lowest BCUT2D eigenvalue weighted by atomic mass is 10.0. The molecular weight excluding hydrogens is 1770 g/mol. The van der Waals surface area contributed by atoms with Crippen LogP contribution < -0.4 is 0 Å². The second kappa shape index (κ2) is 34.1. The molecule has 0 N–H and O–H groups in total. The molecule has 0 radical (unpaired) electrons. The molecule has 30 rings (SSSR count). The first-order valence-electron chi connectivity index (χ1n) is 48.0. The molecule has 0 aliphatic carbocycles. The van der Waals surface area contributed by atoms with Gasteiger partial charge in [-0.3, -0.25) is 9.13 Å². The molecule has 16 heteroatoms. The third-order valence-electron chi connectivity index (χ3n) is 27.6. The van der Waals surface area contributed by atoms with Crippen LogP contribution in [0.5, 0.6) is 0 Å². The lowest BCUT2D eigenvalue weighted by Crippen LogP contribution is -2.05. The first-order valence-corrected chi connectivity index (χ1v) is 48.0. The summed E-state index contributed by atoms with van der Waals surface area (Å²) in [7, 11) is 0. The van der Waals surface area contributed by atoms with Crippen molar-refractivity contribution in [3.05, 3.63) is 467 Å². The molecule has 0 saturated carbocycles. The summed E-state index contributed by atoms with van der Waals surface area (Å²) in [5.41, 5.74) is 23.1. The molecule has 0 spiro atoms. The zero-order valence-electron chi connectivity index (χ0n) is 77.0. The Labute approximate surface area is 821 Å². The minimum Gasteiger partial charge on any atom is -0.455 e. The summed E-state index contributed by atoms with van der Waals surface area (Å²) in [6, 6.07) is 156. The topological polar surface area (TPSA) is 183 Å². The van der Waals surface area contributed by atoms with E-state index in [1.165, 1.54) is 10.8 Å². The van der Waals surface area contributed by atoms with Gasteiger partial charge in [-0.2, -0.15) is 0 Å². The number of pyridine rings is 2. The van der Waals surface area contributed by atoms with E-state index in [4.69, 9.17) is 63.1 Å². The third-order valence-corrected chi connectivity index (χ3v) is 27.6. The predicted molar refractivity (Wildman–Crippen MR) is 584 cm³/mol. The van der Waals surface area contributed by atoms with Crippen molar-refractivity contribution in [2.75, 3.05) is 0 Å². The van der Waals surface area contributed by atoms with Crippen molar-refractivity contribution in [2.24, 2.45) is 0 Å². The van der Waals surface area contributed by atoms with E-state index in [1.807, 2.05) is 225 Å². The largest absolute Gasteiger partial charge is 0.455 e. The summed E-state index contributed by atoms with van der Waals surface area (Å²) in [5, 5.41) is 20.3. The van der Waals surface area contributed by atoms with Crippen molar-refractivity contribution in [1.29, 1.82) is 0 Å². The van der Waals surface area contributed by atoms with Gasteiger partial charge in [-0.25, -0.2) is 49.8 Å². The van der Waals surface area contributed by atoms with E-state index >= 15 is 0 Å². The molecular formula is C128H77N13O3. The van der Waals surface area contributed by atoms with Gasteiger partial charge in [0.2, 0.25) is 0 Å². The van der Waals surface area contributed by atoms with Crippen LogP contribution in [0, 0.1) is 0 Å². The van der Waals surface area contributed by atoms with Gasteiger partial charge in [0.1, 0.15) is 45.1 Å². The van der Waals surface area contributed by atoms with Crippen LogP contribution in [0.4, 0.5) is 0 Å². The highest BCUT2D eigenvalue weighted by Gasteiger charge is 2.28. The van der Waals surface area contributed by atoms with E-state index in [1.54, 1.807) is 0 Å². The summed E-state index contributed by atoms with van der Waals surface area (Å²) in [4.78, 5) is 50.0. The standard InChI is InChI=1S/C44H27N3O.2C42H25N5O/c1-3-12-28(13-4-1)36-27-37(29-14-5-2-6-15-29)46-44(45-36)31-16-11-17-32(26-31)47-38-20-9-7-19-35(38)42-39(47)25-23-30-22-24-34-33-18-8-10-21-40(33)48-43(34)41(30)42;1-3-12-27(13-4-1)39-44-40(28-14-5-2-6-15-28)46-41(45-39)32-18-11-25-43-42(32)47-33-19-9-7-17-31(33)37-34(47)24-22-26-21-23-30-29-16-8-10-20-35(29)48-38(30)36(26)37;1-3-11-27(12-4-1)40-44-41(28-13-5-2-6-14-28)46-42(45-40)29-23-24-43-36(25-29)47-33-17-9-7-16-32(33)38-34(47)22-20-26-19-21-31-30-15-8-10-18-35(30)48-39(31)37(26)38/h1-27H;2*1-25H. The van der Waals surface area contributed by atoms with E-state index in [2.05, 4.69) is 256 Å². The van der Waals surface area contributed by atoms with Crippen molar-refractivity contribution in [1.82, 2.24) is 63.5 Å². The van der Waals surface area contributed by atoms with Gasteiger partial charge < -0.3 is 17.8 Å². The fraction of sp³-hybridized carbons (Fsp3) is 0. The Morgan fingerprint density at radius 2 is 0.507 bits per heavy atom. The van der Waals surface area contributed by atoms with Crippen molar-refractivity contribution in [3.8, 4) is 120 Å². The van der Waals surface area contributed by atoms with Crippen LogP contribution >= 0.6 is 0 Å². The fourth-order valence-electron chi connectivity index (χ4n) is 21.1. The summed E-state index contributed by atoms with van der Waals surface area (Å²) >= 11 is 0. The Morgan fingerprint density at radius 3 is 0.938 bits per heavy atom. The molecule has 11 aromatic heterocycles. The van der Waals surface area contributed by atoms with Gasteiger partial charge in [-0.05, 0) is 131 Å². The lowest BCUT2D eigenvalue weighted by molar-refractivity contribution is 0.672. The number of furan rings is 3. The molecule has 0 aliphatic rings. The molecule has 30 aromatic rings. The van der Waals surface area contributed by atoms with Gasteiger partial charge in [-0.1, -0.05) is 340 Å². The molecule has 0 atom stereocenters. The predicted octanol–water partition coefficient (Wildman–Crippen LogP) is 32.5. The minimum atomic E-state index is 0.553. The van der Waals surface area contributed by atoms with Crippen LogP contribution in [-0.2, 0) is 0 Å². The number of benzene rings is 19. The third kappa shape index (κ3) is 13.9. The highest BCUT2D eigenvalue weighted by Crippen LogP contribution is 2.49. The van der Waals surface area contributed by atoms with Crippen LogP contribution in [-0.4, -0.2) is 63.5 Å². The Bertz CT molecular complexity index is 9810. The molecule has 144 heavy (non-hydrogen) atoms. The number of hydrogen-bond acceptors (Lipinski definition) is 13. The van der Waals surface area contributed by atoms with Crippen molar-refractivity contribution >= 4 is 164 Å². The quantitative estimate of drug-likeness (QED) is 0.113. The van der Waals surface area contributed by atoms with Crippen molar-refractivity contribution in [3.63, 3.8) is 0 Å². The normalized spacial score (nSPS) is 11.8. The average molecular weight is 1850 g/mol.